The molecule has 5 heteroatoms. The van der Waals surface area contributed by atoms with Crippen molar-refractivity contribution in [2.24, 2.45) is 10.9 Å². The number of aromatic hydroxyl groups is 1. The zero-order valence-electron chi connectivity index (χ0n) is 17.9. The number of ether oxygens (including phenoxy) is 1. The molecule has 160 valence electrons. The van der Waals surface area contributed by atoms with Crippen LogP contribution in [0.25, 0.3) is 0 Å². The third kappa shape index (κ3) is 4.18. The Morgan fingerprint density at radius 3 is 2.55 bits per heavy atom. The summed E-state index contributed by atoms with van der Waals surface area (Å²) in [6.45, 7) is 4.09. The molecule has 31 heavy (non-hydrogen) atoms. The molecule has 2 aliphatic rings. The van der Waals surface area contributed by atoms with Crippen molar-refractivity contribution in [1.29, 1.82) is 0 Å². The predicted molar refractivity (Wildman–Crippen MR) is 119 cm³/mol. The highest BCUT2D eigenvalue weighted by atomic mass is 16.5. The van der Waals surface area contributed by atoms with Gasteiger partial charge in [-0.2, -0.15) is 0 Å². The number of benzene rings is 2. The number of carbonyl (C=O) groups excluding carboxylic acids is 2. The summed E-state index contributed by atoms with van der Waals surface area (Å²) in [4.78, 5) is 31.2. The zero-order chi connectivity index (χ0) is 22.0. The van der Waals surface area contributed by atoms with Gasteiger partial charge in [-0.05, 0) is 48.9 Å². The summed E-state index contributed by atoms with van der Waals surface area (Å²) in [5.41, 5.74) is 3.83. The number of Topliss-reactive ketones (excluding diaryl/α,β-unsaturated/α-hetero) is 1. The highest BCUT2D eigenvalue weighted by molar-refractivity contribution is 6.09. The lowest BCUT2D eigenvalue weighted by Crippen LogP contribution is -2.38. The van der Waals surface area contributed by atoms with Crippen LogP contribution < -0.4 is 0 Å². The minimum Gasteiger partial charge on any atom is -0.508 e. The maximum Gasteiger partial charge on any atom is 0.315 e. The number of aliphatic imine (C=N–C) groups is 1. The van der Waals surface area contributed by atoms with E-state index in [-0.39, 0.29) is 23.4 Å². The van der Waals surface area contributed by atoms with Gasteiger partial charge in [0.15, 0.2) is 5.78 Å². The molecule has 1 unspecified atom stereocenters. The largest absolute Gasteiger partial charge is 0.508 e. The van der Waals surface area contributed by atoms with Crippen LogP contribution in [0.15, 0.2) is 70.9 Å². The van der Waals surface area contributed by atoms with Gasteiger partial charge in [0.05, 0.1) is 6.61 Å². The molecule has 3 atom stereocenters. The van der Waals surface area contributed by atoms with Gasteiger partial charge in [-0.1, -0.05) is 49.4 Å². The van der Waals surface area contributed by atoms with Crippen molar-refractivity contribution >= 4 is 17.5 Å². The normalized spacial score (nSPS) is 23.2. The fraction of sp³-hybridized carbons (Fsp3) is 0.346. The number of rotatable bonds is 5. The second-order valence-corrected chi connectivity index (χ2v) is 8.27. The van der Waals surface area contributed by atoms with Crippen molar-refractivity contribution in [2.75, 3.05) is 6.61 Å². The van der Waals surface area contributed by atoms with Crippen LogP contribution in [-0.4, -0.2) is 29.2 Å². The van der Waals surface area contributed by atoms with E-state index in [1.165, 1.54) is 0 Å². The summed E-state index contributed by atoms with van der Waals surface area (Å²) in [6, 6.07) is 16.8. The number of ketones is 1. The number of esters is 1. The standard InChI is InChI=1S/C26H27NO4/c1-3-12-31-26(30)23-16(2)27-21-14-19(17-8-5-4-6-9-17)15-22(29)25(21)24(23)18-10-7-11-20(28)13-18/h4-11,13,19,23-24,28H,3,12,14-15H2,1-2H3/t19-,23?,24+/m0/s1. The predicted octanol–water partition coefficient (Wildman–Crippen LogP) is 4.92. The Balaban J connectivity index is 1.79. The summed E-state index contributed by atoms with van der Waals surface area (Å²) in [6.07, 6.45) is 1.75. The maximum absolute atomic E-state index is 13.4. The molecule has 4 rings (SSSR count). The van der Waals surface area contributed by atoms with Crippen LogP contribution in [0.4, 0.5) is 0 Å². The molecule has 1 N–H and O–H groups in total. The topological polar surface area (TPSA) is 76.0 Å². The monoisotopic (exact) mass is 417 g/mol. The molecule has 0 amide bonds. The Labute approximate surface area is 182 Å². The van der Waals surface area contributed by atoms with Crippen LogP contribution in [0.3, 0.4) is 0 Å². The summed E-state index contributed by atoms with van der Waals surface area (Å²) in [7, 11) is 0. The van der Waals surface area contributed by atoms with Crippen molar-refractivity contribution < 1.29 is 19.4 Å². The highest BCUT2D eigenvalue weighted by Crippen LogP contribution is 2.47. The first-order valence-corrected chi connectivity index (χ1v) is 10.8. The van der Waals surface area contributed by atoms with Crippen LogP contribution in [0.5, 0.6) is 5.75 Å². The molecule has 0 spiro atoms. The zero-order valence-corrected chi connectivity index (χ0v) is 17.9. The van der Waals surface area contributed by atoms with Gasteiger partial charge in [-0.3, -0.25) is 14.6 Å². The molecule has 2 aromatic carbocycles. The molecule has 0 saturated carbocycles. The van der Waals surface area contributed by atoms with Gasteiger partial charge < -0.3 is 9.84 Å². The Kier molecular flexibility index (Phi) is 6.03. The minimum absolute atomic E-state index is 0.00740. The molecule has 5 nitrogen and oxygen atoms in total. The first kappa shape index (κ1) is 21.0. The smallest absolute Gasteiger partial charge is 0.315 e. The Morgan fingerprint density at radius 2 is 1.84 bits per heavy atom. The van der Waals surface area contributed by atoms with E-state index < -0.39 is 11.8 Å². The summed E-state index contributed by atoms with van der Waals surface area (Å²) >= 11 is 0. The first-order valence-electron chi connectivity index (χ1n) is 10.8. The molecular weight excluding hydrogens is 390 g/mol. The molecular formula is C26H27NO4. The van der Waals surface area contributed by atoms with Crippen LogP contribution in [-0.2, 0) is 14.3 Å². The average molecular weight is 418 g/mol. The number of allylic oxidation sites excluding steroid dienone is 2. The lowest BCUT2D eigenvalue weighted by Gasteiger charge is -2.36. The van der Waals surface area contributed by atoms with Gasteiger partial charge in [0.1, 0.15) is 11.7 Å². The van der Waals surface area contributed by atoms with E-state index in [0.29, 0.717) is 30.7 Å². The van der Waals surface area contributed by atoms with Crippen LogP contribution in [0, 0.1) is 5.92 Å². The van der Waals surface area contributed by atoms with E-state index in [2.05, 4.69) is 0 Å². The number of carbonyl (C=O) groups is 2. The number of nitrogens with zero attached hydrogens (tertiary/aromatic N) is 1. The molecule has 0 radical (unpaired) electrons. The lowest BCUT2D eigenvalue weighted by atomic mass is 9.69. The second-order valence-electron chi connectivity index (χ2n) is 8.27. The van der Waals surface area contributed by atoms with Crippen LogP contribution in [0.2, 0.25) is 0 Å². The molecule has 2 aromatic rings. The van der Waals surface area contributed by atoms with E-state index in [9.17, 15) is 14.7 Å². The van der Waals surface area contributed by atoms with Crippen molar-refractivity contribution in [1.82, 2.24) is 0 Å². The lowest BCUT2D eigenvalue weighted by molar-refractivity contribution is -0.146. The van der Waals surface area contributed by atoms with E-state index in [1.807, 2.05) is 50.2 Å². The SMILES string of the molecule is CCCOC(=O)C1C(C)=NC2=C(C(=O)C[C@@H](c3ccccc3)C2)[C@@H]1c1cccc(O)c1. The number of phenols is 1. The van der Waals surface area contributed by atoms with E-state index in [0.717, 1.165) is 23.2 Å². The van der Waals surface area contributed by atoms with Crippen molar-refractivity contribution in [2.45, 2.75) is 44.9 Å². The molecule has 1 aliphatic carbocycles. The number of hydrogen-bond donors (Lipinski definition) is 1. The Hall–Kier alpha value is -3.21. The summed E-state index contributed by atoms with van der Waals surface area (Å²) in [5.74, 6) is -1.38. The number of phenolic OH excluding ortho intramolecular Hbond substituents is 1. The molecule has 0 saturated heterocycles. The van der Waals surface area contributed by atoms with Gasteiger partial charge in [0.25, 0.3) is 0 Å². The van der Waals surface area contributed by atoms with Crippen LogP contribution in [0.1, 0.15) is 56.1 Å². The highest BCUT2D eigenvalue weighted by Gasteiger charge is 2.44. The molecule has 0 bridgehead atoms. The third-order valence-corrected chi connectivity index (χ3v) is 6.09. The average Bonchev–Trinajstić information content (AvgIpc) is 2.77. The van der Waals surface area contributed by atoms with Gasteiger partial charge in [0.2, 0.25) is 0 Å². The molecule has 1 heterocycles. The fourth-order valence-corrected chi connectivity index (χ4v) is 4.70. The first-order chi connectivity index (χ1) is 15.0. The summed E-state index contributed by atoms with van der Waals surface area (Å²) in [5, 5.41) is 10.1. The van der Waals surface area contributed by atoms with Crippen molar-refractivity contribution in [3.8, 4) is 5.75 Å². The molecule has 0 aromatic heterocycles. The third-order valence-electron chi connectivity index (χ3n) is 6.09. The fourth-order valence-electron chi connectivity index (χ4n) is 4.70. The van der Waals surface area contributed by atoms with Gasteiger partial charge in [0, 0.05) is 29.3 Å². The van der Waals surface area contributed by atoms with E-state index in [1.54, 1.807) is 18.2 Å². The second kappa shape index (κ2) is 8.88. The van der Waals surface area contributed by atoms with Crippen molar-refractivity contribution in [3.63, 3.8) is 0 Å². The quantitative estimate of drug-likeness (QED) is 0.701. The maximum atomic E-state index is 13.4. The van der Waals surface area contributed by atoms with Gasteiger partial charge in [-0.15, -0.1) is 0 Å². The van der Waals surface area contributed by atoms with E-state index in [4.69, 9.17) is 9.73 Å². The van der Waals surface area contributed by atoms with Crippen molar-refractivity contribution in [3.05, 3.63) is 77.0 Å². The van der Waals surface area contributed by atoms with Crippen LogP contribution >= 0.6 is 0 Å². The molecule has 0 fully saturated rings. The Morgan fingerprint density at radius 1 is 1.10 bits per heavy atom. The summed E-state index contributed by atoms with van der Waals surface area (Å²) < 4.78 is 5.47. The Bertz CT molecular complexity index is 1050. The minimum atomic E-state index is -0.677. The van der Waals surface area contributed by atoms with Gasteiger partial charge in [-0.25, -0.2) is 0 Å². The number of hydrogen-bond acceptors (Lipinski definition) is 5. The van der Waals surface area contributed by atoms with Gasteiger partial charge >= 0.3 is 5.97 Å². The molecule has 1 aliphatic heterocycles. The van der Waals surface area contributed by atoms with E-state index >= 15 is 0 Å².